The van der Waals surface area contributed by atoms with Crippen LogP contribution in [0.3, 0.4) is 0 Å². The van der Waals surface area contributed by atoms with Crippen molar-refractivity contribution < 1.29 is 8.42 Å². The van der Waals surface area contributed by atoms with E-state index in [1.54, 1.807) is 13.1 Å². The highest BCUT2D eigenvalue weighted by Crippen LogP contribution is 2.29. The van der Waals surface area contributed by atoms with E-state index in [1.165, 1.54) is 28.5 Å². The molecule has 1 aliphatic rings. The molecule has 0 aliphatic heterocycles. The number of sulfonamides is 1. The van der Waals surface area contributed by atoms with Crippen LogP contribution in [-0.2, 0) is 16.4 Å². The lowest BCUT2D eigenvalue weighted by Gasteiger charge is -2.19. The van der Waals surface area contributed by atoms with Gasteiger partial charge in [-0.25, -0.2) is 8.42 Å². The van der Waals surface area contributed by atoms with Gasteiger partial charge in [0.2, 0.25) is 0 Å². The molecule has 0 unspecified atom stereocenters. The lowest BCUT2D eigenvalue weighted by Crippen LogP contribution is -2.30. The highest BCUT2D eigenvalue weighted by molar-refractivity contribution is 7.91. The van der Waals surface area contributed by atoms with Gasteiger partial charge >= 0.3 is 0 Å². The molecule has 1 aromatic rings. The van der Waals surface area contributed by atoms with Crippen LogP contribution in [0.2, 0.25) is 0 Å². The van der Waals surface area contributed by atoms with Crippen molar-refractivity contribution in [3.05, 3.63) is 17.0 Å². The van der Waals surface area contributed by atoms with Crippen molar-refractivity contribution in [1.29, 1.82) is 0 Å². The van der Waals surface area contributed by atoms with Gasteiger partial charge in [0.15, 0.2) is 0 Å². The van der Waals surface area contributed by atoms with Gasteiger partial charge in [0.05, 0.1) is 0 Å². The van der Waals surface area contributed by atoms with E-state index in [9.17, 15) is 8.42 Å². The third-order valence-corrected chi connectivity index (χ3v) is 7.26. The minimum atomic E-state index is -3.32. The minimum Gasteiger partial charge on any atom is -0.206 e. The molecule has 0 atom stereocenters. The highest BCUT2D eigenvalue weighted by Gasteiger charge is 2.26. The van der Waals surface area contributed by atoms with Gasteiger partial charge in [0.25, 0.3) is 10.0 Å². The lowest BCUT2D eigenvalue weighted by atomic mass is 10.1. The van der Waals surface area contributed by atoms with E-state index >= 15 is 0 Å². The molecule has 0 saturated heterocycles. The first-order chi connectivity index (χ1) is 9.04. The van der Waals surface area contributed by atoms with Gasteiger partial charge in [-0.15, -0.1) is 22.9 Å². The van der Waals surface area contributed by atoms with Crippen LogP contribution in [-0.4, -0.2) is 32.2 Å². The molecule has 1 saturated carbocycles. The Balaban J connectivity index is 2.06. The average Bonchev–Trinajstić information content (AvgIpc) is 3.00. The topological polar surface area (TPSA) is 37.4 Å². The summed E-state index contributed by atoms with van der Waals surface area (Å²) in [6, 6.07) is 3.57. The molecule has 19 heavy (non-hydrogen) atoms. The number of rotatable bonds is 6. The van der Waals surface area contributed by atoms with Crippen molar-refractivity contribution in [2.45, 2.75) is 36.3 Å². The SMILES string of the molecule is CN(CC1CCCC1)S(=O)(=O)c1ccc(CCCl)s1. The molecular weight excluding hydrogens is 302 g/mol. The third kappa shape index (κ3) is 3.72. The molecule has 6 heteroatoms. The predicted octanol–water partition coefficient (Wildman–Crippen LogP) is 3.34. The molecular formula is C13H20ClNO2S2. The van der Waals surface area contributed by atoms with Crippen LogP contribution in [0.1, 0.15) is 30.6 Å². The number of hydrogen-bond acceptors (Lipinski definition) is 3. The second-order valence-corrected chi connectivity index (χ2v) is 8.91. The zero-order valence-electron chi connectivity index (χ0n) is 11.1. The summed E-state index contributed by atoms with van der Waals surface area (Å²) in [6.45, 7) is 0.644. The second kappa shape index (κ2) is 6.57. The molecule has 1 aromatic heterocycles. The summed E-state index contributed by atoms with van der Waals surface area (Å²) in [4.78, 5) is 1.03. The van der Waals surface area contributed by atoms with Crippen LogP contribution in [0, 0.1) is 5.92 Å². The Morgan fingerprint density at radius 3 is 2.68 bits per heavy atom. The molecule has 1 fully saturated rings. The number of hydrogen-bond donors (Lipinski definition) is 0. The lowest BCUT2D eigenvalue weighted by molar-refractivity contribution is 0.388. The van der Waals surface area contributed by atoms with E-state index in [2.05, 4.69) is 0 Å². The van der Waals surface area contributed by atoms with Gasteiger partial charge in [-0.1, -0.05) is 12.8 Å². The molecule has 3 nitrogen and oxygen atoms in total. The van der Waals surface area contributed by atoms with Crippen molar-refractivity contribution >= 4 is 33.0 Å². The first-order valence-electron chi connectivity index (χ1n) is 6.65. The Labute approximate surface area is 124 Å². The van der Waals surface area contributed by atoms with Crippen molar-refractivity contribution in [3.63, 3.8) is 0 Å². The molecule has 0 N–H and O–H groups in total. The van der Waals surface area contributed by atoms with Crippen molar-refractivity contribution in [2.75, 3.05) is 19.5 Å². The summed E-state index contributed by atoms with van der Waals surface area (Å²) in [5.41, 5.74) is 0. The van der Waals surface area contributed by atoms with Crippen LogP contribution >= 0.6 is 22.9 Å². The zero-order chi connectivity index (χ0) is 13.9. The van der Waals surface area contributed by atoms with Gasteiger partial charge < -0.3 is 0 Å². The van der Waals surface area contributed by atoms with E-state index in [0.717, 1.165) is 24.1 Å². The maximum Gasteiger partial charge on any atom is 0.252 e. The van der Waals surface area contributed by atoms with Crippen LogP contribution in [0.4, 0.5) is 0 Å². The van der Waals surface area contributed by atoms with E-state index in [4.69, 9.17) is 11.6 Å². The maximum absolute atomic E-state index is 12.4. The third-order valence-electron chi connectivity index (χ3n) is 3.63. The van der Waals surface area contributed by atoms with Gasteiger partial charge in [-0.3, -0.25) is 0 Å². The van der Waals surface area contributed by atoms with Crippen molar-refractivity contribution in [3.8, 4) is 0 Å². The number of thiophene rings is 1. The summed E-state index contributed by atoms with van der Waals surface area (Å²) in [6.07, 6.45) is 5.51. The van der Waals surface area contributed by atoms with E-state index in [0.29, 0.717) is 22.6 Å². The minimum absolute atomic E-state index is 0.438. The second-order valence-electron chi connectivity index (χ2n) is 5.10. The fourth-order valence-corrected chi connectivity index (χ4v) is 5.66. The molecule has 0 spiro atoms. The Kier molecular flexibility index (Phi) is 5.29. The predicted molar refractivity (Wildman–Crippen MR) is 80.5 cm³/mol. The Morgan fingerprint density at radius 2 is 2.05 bits per heavy atom. The molecule has 1 aliphatic carbocycles. The Hall–Kier alpha value is -0.100. The van der Waals surface area contributed by atoms with E-state index in [-0.39, 0.29) is 0 Å². The molecule has 0 aromatic carbocycles. The monoisotopic (exact) mass is 321 g/mol. The van der Waals surface area contributed by atoms with Crippen LogP contribution in [0.25, 0.3) is 0 Å². The maximum atomic E-state index is 12.4. The van der Waals surface area contributed by atoms with Gasteiger partial charge in [0, 0.05) is 24.3 Å². The number of aryl methyl sites for hydroxylation is 1. The van der Waals surface area contributed by atoms with Crippen LogP contribution in [0.15, 0.2) is 16.3 Å². The summed E-state index contributed by atoms with van der Waals surface area (Å²) >= 11 is 7.02. The molecule has 0 amide bonds. The average molecular weight is 322 g/mol. The molecule has 0 bridgehead atoms. The van der Waals surface area contributed by atoms with Gasteiger partial charge in [0.1, 0.15) is 4.21 Å². The summed E-state index contributed by atoms with van der Waals surface area (Å²) in [7, 11) is -1.63. The summed E-state index contributed by atoms with van der Waals surface area (Å²) in [5, 5.41) is 0. The number of alkyl halides is 1. The first kappa shape index (κ1) is 15.3. The zero-order valence-corrected chi connectivity index (χ0v) is 13.5. The van der Waals surface area contributed by atoms with E-state index in [1.807, 2.05) is 6.07 Å². The quantitative estimate of drug-likeness (QED) is 0.754. The van der Waals surface area contributed by atoms with Crippen LogP contribution in [0.5, 0.6) is 0 Å². The summed E-state index contributed by atoms with van der Waals surface area (Å²) in [5.74, 6) is 1.06. The van der Waals surface area contributed by atoms with Crippen molar-refractivity contribution in [2.24, 2.45) is 5.92 Å². The number of halogens is 1. The number of nitrogens with zero attached hydrogens (tertiary/aromatic N) is 1. The normalized spacial score (nSPS) is 17.4. The molecule has 1 heterocycles. The van der Waals surface area contributed by atoms with Crippen molar-refractivity contribution in [1.82, 2.24) is 4.31 Å². The Bertz CT molecular complexity index is 506. The fourth-order valence-electron chi connectivity index (χ4n) is 2.53. The molecule has 2 rings (SSSR count). The smallest absolute Gasteiger partial charge is 0.206 e. The highest BCUT2D eigenvalue weighted by atomic mass is 35.5. The molecule has 0 radical (unpaired) electrons. The van der Waals surface area contributed by atoms with Gasteiger partial charge in [-0.2, -0.15) is 4.31 Å². The Morgan fingerprint density at radius 1 is 1.37 bits per heavy atom. The molecule has 108 valence electrons. The largest absolute Gasteiger partial charge is 0.252 e. The van der Waals surface area contributed by atoms with Crippen LogP contribution < -0.4 is 0 Å². The standard InChI is InChI=1S/C13H20ClNO2S2/c1-15(10-11-4-2-3-5-11)19(16,17)13-7-6-12(18-13)8-9-14/h6-7,11H,2-5,8-10H2,1H3. The fraction of sp³-hybridized carbons (Fsp3) is 0.692. The van der Waals surface area contributed by atoms with Gasteiger partial charge in [-0.05, 0) is 37.3 Å². The van der Waals surface area contributed by atoms with E-state index < -0.39 is 10.0 Å². The summed E-state index contributed by atoms with van der Waals surface area (Å²) < 4.78 is 26.8. The first-order valence-corrected chi connectivity index (χ1v) is 9.44.